The fraction of sp³-hybridized carbons (Fsp3) is 0.556. The molecule has 2 unspecified atom stereocenters. The molecule has 35 heavy (non-hydrogen) atoms. The van der Waals surface area contributed by atoms with Crippen LogP contribution in [0.4, 0.5) is 10.1 Å². The number of alkyl halides is 1. The molecule has 1 saturated heterocycles. The van der Waals surface area contributed by atoms with Crippen LogP contribution in [0.3, 0.4) is 0 Å². The number of carbonyl (C=O) groups is 1. The highest BCUT2D eigenvalue weighted by Gasteiger charge is 2.43. The maximum absolute atomic E-state index is 13.9. The highest BCUT2D eigenvalue weighted by Crippen LogP contribution is 2.45. The number of imidazole rings is 1. The number of aromatic nitrogens is 3. The second-order valence-electron chi connectivity index (χ2n) is 11.5. The Morgan fingerprint density at radius 3 is 2.69 bits per heavy atom. The number of anilines is 1. The van der Waals surface area contributed by atoms with E-state index in [0.717, 1.165) is 42.6 Å². The molecule has 0 saturated carbocycles. The van der Waals surface area contributed by atoms with Gasteiger partial charge in [-0.2, -0.15) is 5.26 Å². The molecule has 2 aromatic rings. The minimum atomic E-state index is -0.854. The van der Waals surface area contributed by atoms with E-state index in [1.165, 1.54) is 6.20 Å². The Morgan fingerprint density at radius 2 is 2.06 bits per heavy atom. The zero-order valence-electron chi connectivity index (χ0n) is 21.2. The van der Waals surface area contributed by atoms with E-state index < -0.39 is 23.8 Å². The Balaban J connectivity index is 1.70. The van der Waals surface area contributed by atoms with Crippen molar-refractivity contribution in [2.75, 3.05) is 12.0 Å². The lowest BCUT2D eigenvalue weighted by Crippen LogP contribution is -2.47. The van der Waals surface area contributed by atoms with Crippen molar-refractivity contribution in [1.29, 1.82) is 5.26 Å². The molecule has 1 aliphatic heterocycles. The molecule has 7 nitrogen and oxygen atoms in total. The van der Waals surface area contributed by atoms with Crippen molar-refractivity contribution in [2.45, 2.75) is 83.8 Å². The summed E-state index contributed by atoms with van der Waals surface area (Å²) in [6.07, 6.45) is 7.62. The van der Waals surface area contributed by atoms with Gasteiger partial charge in [-0.25, -0.2) is 9.37 Å². The Hall–Kier alpha value is -3.05. The molecule has 4 rings (SSSR count). The van der Waals surface area contributed by atoms with Crippen molar-refractivity contribution in [2.24, 2.45) is 5.41 Å². The van der Waals surface area contributed by atoms with Gasteiger partial charge in [0.25, 0.3) is 5.91 Å². The first-order chi connectivity index (χ1) is 16.4. The van der Waals surface area contributed by atoms with Crippen LogP contribution in [0.15, 0.2) is 24.4 Å². The summed E-state index contributed by atoms with van der Waals surface area (Å²) >= 11 is 0. The van der Waals surface area contributed by atoms with E-state index in [4.69, 9.17) is 15.0 Å². The van der Waals surface area contributed by atoms with Crippen LogP contribution in [0.1, 0.15) is 100 Å². The van der Waals surface area contributed by atoms with Crippen LogP contribution in [0.25, 0.3) is 5.57 Å². The maximum atomic E-state index is 13.9. The smallest absolute Gasteiger partial charge is 0.291 e. The van der Waals surface area contributed by atoms with Gasteiger partial charge in [0.05, 0.1) is 28.8 Å². The molecule has 1 fully saturated rings. The lowest BCUT2D eigenvalue weighted by atomic mass is 9.77. The lowest BCUT2D eigenvalue weighted by molar-refractivity contribution is -0.178. The number of carbonyl (C=O) groups excluding carboxylic acids is 1. The van der Waals surface area contributed by atoms with E-state index in [-0.39, 0.29) is 22.9 Å². The van der Waals surface area contributed by atoms with E-state index in [0.29, 0.717) is 12.1 Å². The van der Waals surface area contributed by atoms with Crippen molar-refractivity contribution in [3.05, 3.63) is 47.3 Å². The average Bonchev–Trinajstić information content (AvgIpc) is 3.28. The first-order valence-electron chi connectivity index (χ1n) is 12.2. The summed E-state index contributed by atoms with van der Waals surface area (Å²) in [5, 5.41) is 11.9. The number of nitriles is 1. The lowest BCUT2D eigenvalue weighted by Gasteiger charge is -2.45. The van der Waals surface area contributed by atoms with Crippen LogP contribution in [-0.4, -0.2) is 38.7 Å². The number of ether oxygens (including phenoxy) is 1. The molecule has 0 bridgehead atoms. The molecule has 1 amide bonds. The number of H-pyrrole nitrogens is 1. The Bertz CT molecular complexity index is 1190. The Morgan fingerprint density at radius 1 is 1.29 bits per heavy atom. The number of amides is 1. The SMILES string of the molecule is CC1(C)CC=C(c2nc(C3CC(C)(C)OC(C)(CF)C3)ccc2NC(=O)c2ncc(C#N)[nH]2)CC1. The molecule has 1 aliphatic carbocycles. The second-order valence-corrected chi connectivity index (χ2v) is 11.5. The first kappa shape index (κ1) is 25.1. The van der Waals surface area contributed by atoms with E-state index in [9.17, 15) is 9.18 Å². The van der Waals surface area contributed by atoms with Crippen molar-refractivity contribution < 1.29 is 13.9 Å². The number of halogens is 1. The third-order valence-electron chi connectivity index (χ3n) is 6.99. The number of nitrogens with one attached hydrogen (secondary N) is 2. The van der Waals surface area contributed by atoms with Gasteiger partial charge in [-0.15, -0.1) is 0 Å². The van der Waals surface area contributed by atoms with Crippen molar-refractivity contribution in [3.8, 4) is 6.07 Å². The summed E-state index contributed by atoms with van der Waals surface area (Å²) < 4.78 is 20.0. The highest BCUT2D eigenvalue weighted by molar-refractivity contribution is 6.03. The molecule has 2 aromatic heterocycles. The summed E-state index contributed by atoms with van der Waals surface area (Å²) in [6.45, 7) is 9.75. The summed E-state index contributed by atoms with van der Waals surface area (Å²) in [7, 11) is 0. The second kappa shape index (κ2) is 9.19. The number of hydrogen-bond acceptors (Lipinski definition) is 5. The fourth-order valence-corrected chi connectivity index (χ4v) is 5.24. The van der Waals surface area contributed by atoms with Crippen LogP contribution in [0.5, 0.6) is 0 Å². The summed E-state index contributed by atoms with van der Waals surface area (Å²) in [6, 6.07) is 5.73. The minimum Gasteiger partial charge on any atom is -0.367 e. The minimum absolute atomic E-state index is 0.0342. The molecule has 3 heterocycles. The van der Waals surface area contributed by atoms with Crippen LogP contribution < -0.4 is 5.32 Å². The predicted octanol–water partition coefficient (Wildman–Crippen LogP) is 5.92. The third kappa shape index (κ3) is 5.62. The molecular weight excluding hydrogens is 445 g/mol. The van der Waals surface area contributed by atoms with Gasteiger partial charge in [0.15, 0.2) is 5.82 Å². The summed E-state index contributed by atoms with van der Waals surface area (Å²) in [4.78, 5) is 24.6. The molecule has 0 radical (unpaired) electrons. The monoisotopic (exact) mass is 479 g/mol. The third-order valence-corrected chi connectivity index (χ3v) is 6.99. The Kier molecular flexibility index (Phi) is 6.58. The largest absolute Gasteiger partial charge is 0.367 e. The molecule has 2 aliphatic rings. The zero-order chi connectivity index (χ0) is 25.4. The fourth-order valence-electron chi connectivity index (χ4n) is 5.24. The van der Waals surface area contributed by atoms with Gasteiger partial charge in [-0.1, -0.05) is 19.9 Å². The van der Waals surface area contributed by atoms with Gasteiger partial charge in [-0.3, -0.25) is 9.78 Å². The van der Waals surface area contributed by atoms with E-state index >= 15 is 0 Å². The van der Waals surface area contributed by atoms with Gasteiger partial charge in [-0.05, 0) is 76.0 Å². The van der Waals surface area contributed by atoms with Crippen LogP contribution in [0.2, 0.25) is 0 Å². The summed E-state index contributed by atoms with van der Waals surface area (Å²) in [5.41, 5.74) is 2.43. The van der Waals surface area contributed by atoms with Gasteiger partial charge in [0.2, 0.25) is 0 Å². The highest BCUT2D eigenvalue weighted by atomic mass is 19.1. The number of hydrogen-bond donors (Lipinski definition) is 2. The molecule has 2 N–H and O–H groups in total. The van der Waals surface area contributed by atoms with E-state index in [1.54, 1.807) is 0 Å². The summed E-state index contributed by atoms with van der Waals surface area (Å²) in [5.74, 6) is -0.330. The van der Waals surface area contributed by atoms with Crippen LogP contribution >= 0.6 is 0 Å². The number of aromatic amines is 1. The quantitative estimate of drug-likeness (QED) is 0.554. The zero-order valence-corrected chi connectivity index (χ0v) is 21.2. The molecule has 8 heteroatoms. The van der Waals surface area contributed by atoms with Gasteiger partial charge >= 0.3 is 0 Å². The van der Waals surface area contributed by atoms with Gasteiger partial charge in [0, 0.05) is 11.6 Å². The van der Waals surface area contributed by atoms with Gasteiger partial charge in [0.1, 0.15) is 18.4 Å². The Labute approximate surface area is 206 Å². The topological polar surface area (TPSA) is 104 Å². The molecule has 0 aromatic carbocycles. The molecule has 0 spiro atoms. The predicted molar refractivity (Wildman–Crippen MR) is 133 cm³/mol. The van der Waals surface area contributed by atoms with Gasteiger partial charge < -0.3 is 15.0 Å². The standard InChI is InChI=1S/C27H34FN5O2/c1-25(2)10-8-17(9-11-25)22-21(33-24(34)23-30-15-19(14-29)31-23)7-6-20(32-22)18-12-26(3,4)35-27(5,13-18)16-28/h6-8,15,18H,9-13,16H2,1-5H3,(H,30,31)(H,33,34). The number of nitrogens with zero attached hydrogens (tertiary/aromatic N) is 3. The number of allylic oxidation sites excluding steroid dienone is 2. The van der Waals surface area contributed by atoms with E-state index in [2.05, 4.69) is 35.2 Å². The van der Waals surface area contributed by atoms with Crippen molar-refractivity contribution in [1.82, 2.24) is 15.0 Å². The van der Waals surface area contributed by atoms with Crippen molar-refractivity contribution in [3.63, 3.8) is 0 Å². The average molecular weight is 480 g/mol. The molecular formula is C27H34FN5O2. The van der Waals surface area contributed by atoms with Crippen LogP contribution in [0, 0.1) is 16.7 Å². The normalized spacial score (nSPS) is 25.4. The first-order valence-corrected chi connectivity index (χ1v) is 12.2. The van der Waals surface area contributed by atoms with Crippen LogP contribution in [-0.2, 0) is 4.74 Å². The molecule has 186 valence electrons. The number of pyridine rings is 1. The molecule has 2 atom stereocenters. The number of rotatable bonds is 5. The van der Waals surface area contributed by atoms with E-state index in [1.807, 2.05) is 39.0 Å². The maximum Gasteiger partial charge on any atom is 0.291 e. The van der Waals surface area contributed by atoms with Crippen molar-refractivity contribution >= 4 is 17.2 Å².